The second kappa shape index (κ2) is 7.37. The van der Waals surface area contributed by atoms with Gasteiger partial charge in [0.2, 0.25) is 0 Å². The minimum absolute atomic E-state index is 0.141. The lowest BCUT2D eigenvalue weighted by Crippen LogP contribution is -2.51. The summed E-state index contributed by atoms with van der Waals surface area (Å²) in [6, 6.07) is 6.94. The van der Waals surface area contributed by atoms with E-state index in [4.69, 9.17) is 10.00 Å². The van der Waals surface area contributed by atoms with Gasteiger partial charge in [-0.1, -0.05) is 6.07 Å². The van der Waals surface area contributed by atoms with E-state index in [0.29, 0.717) is 24.3 Å². The Morgan fingerprint density at radius 3 is 2.81 bits per heavy atom. The highest BCUT2D eigenvalue weighted by molar-refractivity contribution is 6.01. The monoisotopic (exact) mass is 369 g/mol. The molecule has 0 spiro atoms. The van der Waals surface area contributed by atoms with E-state index in [9.17, 15) is 14.7 Å². The number of hydrogen-bond donors (Lipinski definition) is 1. The zero-order valence-electron chi connectivity index (χ0n) is 15.0. The number of nitrogens with zero attached hydrogens (tertiary/aromatic N) is 5. The molecule has 0 unspecified atom stereocenters. The zero-order chi connectivity index (χ0) is 19.6. The van der Waals surface area contributed by atoms with Gasteiger partial charge in [0.25, 0.3) is 0 Å². The maximum Gasteiger partial charge on any atom is 0.414 e. The molecule has 0 fully saturated rings. The van der Waals surface area contributed by atoms with Crippen LogP contribution in [0.25, 0.3) is 11.1 Å². The van der Waals surface area contributed by atoms with Crippen molar-refractivity contribution in [1.29, 1.82) is 5.26 Å². The minimum atomic E-state index is -1.09. The quantitative estimate of drug-likeness (QED) is 0.890. The number of rotatable bonds is 3. The van der Waals surface area contributed by atoms with Gasteiger partial charge in [-0.3, -0.25) is 14.5 Å². The van der Waals surface area contributed by atoms with Crippen LogP contribution in [-0.4, -0.2) is 46.8 Å². The number of fused-ring (bicyclic) bond motifs is 1. The number of amides is 2. The van der Waals surface area contributed by atoms with Crippen molar-refractivity contribution in [1.82, 2.24) is 9.78 Å². The van der Waals surface area contributed by atoms with Crippen LogP contribution >= 0.6 is 0 Å². The minimum Gasteiger partial charge on any atom is -0.465 e. The van der Waals surface area contributed by atoms with E-state index in [1.807, 2.05) is 0 Å². The molecule has 9 heteroatoms. The van der Waals surface area contributed by atoms with Crippen LogP contribution in [0.2, 0.25) is 0 Å². The number of hydrogen-bond acceptors (Lipinski definition) is 5. The van der Waals surface area contributed by atoms with Gasteiger partial charge in [-0.05, 0) is 24.6 Å². The fourth-order valence-electron chi connectivity index (χ4n) is 3.16. The number of ether oxygens (including phenoxy) is 1. The molecule has 9 nitrogen and oxygen atoms in total. The predicted octanol–water partition coefficient (Wildman–Crippen LogP) is 2.92. The van der Waals surface area contributed by atoms with Crippen LogP contribution in [-0.2, 0) is 11.3 Å². The second-order valence-corrected chi connectivity index (χ2v) is 6.19. The van der Waals surface area contributed by atoms with Crippen molar-refractivity contribution >= 4 is 23.6 Å². The molecule has 0 bridgehead atoms. The average molecular weight is 369 g/mol. The fourth-order valence-corrected chi connectivity index (χ4v) is 3.16. The van der Waals surface area contributed by atoms with Gasteiger partial charge in [0.1, 0.15) is 0 Å². The lowest BCUT2D eigenvalue weighted by Gasteiger charge is -2.39. The Morgan fingerprint density at radius 1 is 1.37 bits per heavy atom. The molecule has 1 aromatic heterocycles. The highest BCUT2D eigenvalue weighted by Gasteiger charge is 2.35. The third-order valence-corrected chi connectivity index (χ3v) is 4.43. The third kappa shape index (κ3) is 3.42. The zero-order valence-corrected chi connectivity index (χ0v) is 15.0. The van der Waals surface area contributed by atoms with E-state index in [1.54, 1.807) is 42.2 Å². The molecule has 1 atom stereocenters. The number of methoxy groups -OCH3 is 1. The van der Waals surface area contributed by atoms with Gasteiger partial charge in [-0.25, -0.2) is 9.59 Å². The van der Waals surface area contributed by atoms with Crippen LogP contribution in [0.3, 0.4) is 0 Å². The van der Waals surface area contributed by atoms with E-state index in [-0.39, 0.29) is 12.6 Å². The van der Waals surface area contributed by atoms with Crippen molar-refractivity contribution in [2.75, 3.05) is 23.5 Å². The number of carbonyl (C=O) groups is 2. The lowest BCUT2D eigenvalue weighted by molar-refractivity contribution is 0.175. The lowest BCUT2D eigenvalue weighted by atomic mass is 10.0. The summed E-state index contributed by atoms with van der Waals surface area (Å²) in [7, 11) is 1.29. The van der Waals surface area contributed by atoms with Gasteiger partial charge in [-0.15, -0.1) is 0 Å². The SMILES string of the molecule is COC(=O)N1c2ccc(-c3cnn(CCC#N)c3)cc2N(C(=O)O)C[C@@H]1C. The maximum absolute atomic E-state index is 12.2. The summed E-state index contributed by atoms with van der Waals surface area (Å²) < 4.78 is 6.51. The summed E-state index contributed by atoms with van der Waals surface area (Å²) >= 11 is 0. The first-order valence-electron chi connectivity index (χ1n) is 8.37. The number of anilines is 2. The number of nitriles is 1. The Hall–Kier alpha value is -3.54. The Kier molecular flexibility index (Phi) is 4.98. The number of carboxylic acid groups (broad SMARTS) is 1. The van der Waals surface area contributed by atoms with Crippen molar-refractivity contribution < 1.29 is 19.4 Å². The molecule has 2 heterocycles. The smallest absolute Gasteiger partial charge is 0.414 e. The van der Waals surface area contributed by atoms with E-state index >= 15 is 0 Å². The van der Waals surface area contributed by atoms with Gasteiger partial charge in [0.15, 0.2) is 0 Å². The molecular formula is C18H19N5O4. The highest BCUT2D eigenvalue weighted by atomic mass is 16.5. The van der Waals surface area contributed by atoms with Crippen LogP contribution < -0.4 is 9.80 Å². The number of aromatic nitrogens is 2. The first kappa shape index (κ1) is 18.3. The van der Waals surface area contributed by atoms with Crippen molar-refractivity contribution in [3.63, 3.8) is 0 Å². The molecule has 0 saturated carbocycles. The van der Waals surface area contributed by atoms with Gasteiger partial charge in [-0.2, -0.15) is 10.4 Å². The summed E-state index contributed by atoms with van der Waals surface area (Å²) in [6.07, 6.45) is 2.19. The van der Waals surface area contributed by atoms with Crippen molar-refractivity contribution in [2.24, 2.45) is 0 Å². The van der Waals surface area contributed by atoms with Crippen LogP contribution in [0.5, 0.6) is 0 Å². The van der Waals surface area contributed by atoms with E-state index in [1.165, 1.54) is 16.9 Å². The normalized spacial score (nSPS) is 15.8. The highest BCUT2D eigenvalue weighted by Crippen LogP contribution is 2.39. The number of carbonyl (C=O) groups excluding carboxylic acids is 1. The second-order valence-electron chi connectivity index (χ2n) is 6.19. The van der Waals surface area contributed by atoms with E-state index in [0.717, 1.165) is 11.1 Å². The van der Waals surface area contributed by atoms with Crippen LogP contribution in [0, 0.1) is 11.3 Å². The molecule has 2 amide bonds. The standard InChI is InChI=1S/C18H19N5O4/c1-12-10-22(17(24)25)16-8-13(4-5-15(16)23(12)18(26)27-2)14-9-20-21(11-14)7-3-6-19/h4-5,8-9,11-12H,3,7,10H2,1-2H3,(H,24,25)/t12-/m0/s1. The predicted molar refractivity (Wildman–Crippen MR) is 97.6 cm³/mol. The van der Waals surface area contributed by atoms with Crippen molar-refractivity contribution in [3.05, 3.63) is 30.6 Å². The van der Waals surface area contributed by atoms with Gasteiger partial charge in [0, 0.05) is 11.8 Å². The van der Waals surface area contributed by atoms with Crippen molar-refractivity contribution in [3.8, 4) is 17.2 Å². The molecule has 1 aliphatic rings. The van der Waals surface area contributed by atoms with Gasteiger partial charge < -0.3 is 9.84 Å². The molecule has 1 aliphatic heterocycles. The molecule has 3 rings (SSSR count). The summed E-state index contributed by atoms with van der Waals surface area (Å²) in [6.45, 7) is 2.39. The van der Waals surface area contributed by atoms with Gasteiger partial charge >= 0.3 is 12.2 Å². The molecule has 1 aromatic carbocycles. The molecule has 0 saturated heterocycles. The van der Waals surface area contributed by atoms with Crippen LogP contribution in [0.4, 0.5) is 21.0 Å². The fraction of sp³-hybridized carbons (Fsp3) is 0.333. The molecular weight excluding hydrogens is 350 g/mol. The molecule has 0 aliphatic carbocycles. The molecule has 27 heavy (non-hydrogen) atoms. The van der Waals surface area contributed by atoms with Crippen LogP contribution in [0.1, 0.15) is 13.3 Å². The number of benzene rings is 1. The summed E-state index contributed by atoms with van der Waals surface area (Å²) in [4.78, 5) is 26.6. The van der Waals surface area contributed by atoms with E-state index in [2.05, 4.69) is 11.2 Å². The molecule has 140 valence electrons. The summed E-state index contributed by atoms with van der Waals surface area (Å²) in [5.74, 6) is 0. The largest absolute Gasteiger partial charge is 0.465 e. The maximum atomic E-state index is 12.2. The molecule has 2 aromatic rings. The average Bonchev–Trinajstić information content (AvgIpc) is 3.13. The topological polar surface area (TPSA) is 112 Å². The summed E-state index contributed by atoms with van der Waals surface area (Å²) in [5, 5.41) is 22.5. The Morgan fingerprint density at radius 2 is 2.15 bits per heavy atom. The Bertz CT molecular complexity index is 917. The van der Waals surface area contributed by atoms with Gasteiger partial charge in [0.05, 0.1) is 56.3 Å². The Labute approximate surface area is 156 Å². The summed E-state index contributed by atoms with van der Waals surface area (Å²) in [5.41, 5.74) is 2.45. The third-order valence-electron chi connectivity index (χ3n) is 4.43. The molecule has 0 radical (unpaired) electrons. The first-order valence-corrected chi connectivity index (χ1v) is 8.37. The van der Waals surface area contributed by atoms with Crippen LogP contribution in [0.15, 0.2) is 30.6 Å². The van der Waals surface area contributed by atoms with E-state index < -0.39 is 12.2 Å². The Balaban J connectivity index is 2.03. The first-order chi connectivity index (χ1) is 13.0. The number of aryl methyl sites for hydroxylation is 1. The van der Waals surface area contributed by atoms with Crippen molar-refractivity contribution in [2.45, 2.75) is 25.9 Å². The molecule has 1 N–H and O–H groups in total.